The standard InChI is InChI=1S/C26H20N4O8S/c1-15-7-8-18(11-16(15)2)27-24(31)14-28-25(32)23(39-26(28)33)12-17-5-3-4-6-21(17)38-22-10-9-19(29(34)35)13-20(22)30(36)37/h3-13H,14H2,1-2H3,(H,27,31)/b23-12+. The van der Waals surface area contributed by atoms with E-state index < -0.39 is 44.8 Å². The summed E-state index contributed by atoms with van der Waals surface area (Å²) < 4.78 is 5.69. The summed E-state index contributed by atoms with van der Waals surface area (Å²) in [4.78, 5) is 59.8. The summed E-state index contributed by atoms with van der Waals surface area (Å²) >= 11 is 0.637. The highest BCUT2D eigenvalue weighted by molar-refractivity contribution is 8.18. The Bertz CT molecular complexity index is 1570. The number of anilines is 1. The molecule has 0 spiro atoms. The summed E-state index contributed by atoms with van der Waals surface area (Å²) in [5, 5.41) is 24.5. The fourth-order valence-electron chi connectivity index (χ4n) is 3.60. The highest BCUT2D eigenvalue weighted by Crippen LogP contribution is 2.38. The maximum Gasteiger partial charge on any atom is 0.318 e. The number of non-ortho nitro benzene ring substituents is 1. The molecule has 3 aromatic rings. The summed E-state index contributed by atoms with van der Waals surface area (Å²) in [6.07, 6.45) is 1.37. The van der Waals surface area contributed by atoms with Crippen LogP contribution in [0.5, 0.6) is 11.5 Å². The molecule has 3 amide bonds. The smallest absolute Gasteiger partial charge is 0.318 e. The number of ether oxygens (including phenoxy) is 1. The minimum atomic E-state index is -0.806. The molecule has 12 nitrogen and oxygen atoms in total. The van der Waals surface area contributed by atoms with Crippen molar-refractivity contribution in [1.82, 2.24) is 4.90 Å². The number of para-hydroxylation sites is 1. The van der Waals surface area contributed by atoms with Crippen molar-refractivity contribution in [3.63, 3.8) is 0 Å². The summed E-state index contributed by atoms with van der Waals surface area (Å²) in [5.74, 6) is -1.37. The van der Waals surface area contributed by atoms with Crippen LogP contribution < -0.4 is 10.1 Å². The molecule has 4 rings (SSSR count). The number of hydrogen-bond acceptors (Lipinski definition) is 9. The van der Waals surface area contributed by atoms with Crippen LogP contribution in [0.1, 0.15) is 16.7 Å². The molecule has 1 saturated heterocycles. The zero-order chi connectivity index (χ0) is 28.3. The van der Waals surface area contributed by atoms with Crippen LogP contribution in [0.15, 0.2) is 65.6 Å². The first kappa shape index (κ1) is 27.0. The lowest BCUT2D eigenvalue weighted by Gasteiger charge is -2.13. The summed E-state index contributed by atoms with van der Waals surface area (Å²) in [5.41, 5.74) is 1.79. The van der Waals surface area contributed by atoms with Gasteiger partial charge in [-0.3, -0.25) is 39.5 Å². The van der Waals surface area contributed by atoms with Gasteiger partial charge in [-0.1, -0.05) is 24.3 Å². The van der Waals surface area contributed by atoms with E-state index in [1.165, 1.54) is 12.1 Å². The van der Waals surface area contributed by atoms with Crippen LogP contribution >= 0.6 is 11.8 Å². The summed E-state index contributed by atoms with van der Waals surface area (Å²) in [6, 6.07) is 14.6. The quantitative estimate of drug-likeness (QED) is 0.215. The number of nitrogens with one attached hydrogen (secondary N) is 1. The van der Waals surface area contributed by atoms with Crippen molar-refractivity contribution in [2.24, 2.45) is 0 Å². The molecule has 198 valence electrons. The molecule has 1 fully saturated rings. The van der Waals surface area contributed by atoms with Gasteiger partial charge in [0.25, 0.3) is 16.8 Å². The Balaban J connectivity index is 1.54. The van der Waals surface area contributed by atoms with Crippen molar-refractivity contribution >= 4 is 52.0 Å². The zero-order valence-electron chi connectivity index (χ0n) is 20.6. The predicted molar refractivity (Wildman–Crippen MR) is 143 cm³/mol. The lowest BCUT2D eigenvalue weighted by molar-refractivity contribution is -0.394. The van der Waals surface area contributed by atoms with E-state index >= 15 is 0 Å². The number of nitro groups is 2. The highest BCUT2D eigenvalue weighted by atomic mass is 32.2. The third-order valence-corrected chi connectivity index (χ3v) is 6.65. The molecule has 0 bridgehead atoms. The fraction of sp³-hybridized carbons (Fsp3) is 0.115. The van der Waals surface area contributed by atoms with E-state index in [1.54, 1.807) is 30.3 Å². The van der Waals surface area contributed by atoms with Crippen LogP contribution in [0.2, 0.25) is 0 Å². The number of carbonyl (C=O) groups excluding carboxylic acids is 3. The topological polar surface area (TPSA) is 162 Å². The van der Waals surface area contributed by atoms with Gasteiger partial charge in [0.05, 0.1) is 20.8 Å². The van der Waals surface area contributed by atoms with E-state index in [4.69, 9.17) is 4.74 Å². The average Bonchev–Trinajstić information content (AvgIpc) is 3.14. The predicted octanol–water partition coefficient (Wildman–Crippen LogP) is 5.59. The van der Waals surface area contributed by atoms with Crippen LogP contribution in [0.3, 0.4) is 0 Å². The van der Waals surface area contributed by atoms with Crippen LogP contribution in [0.4, 0.5) is 21.9 Å². The number of amides is 3. The zero-order valence-corrected chi connectivity index (χ0v) is 21.4. The third kappa shape index (κ3) is 6.10. The SMILES string of the molecule is Cc1ccc(NC(=O)CN2C(=O)S/C(=C/c3ccccc3Oc3ccc([N+](=O)[O-])cc3[N+](=O)[O-])C2=O)cc1C. The molecule has 0 aliphatic carbocycles. The van der Waals surface area contributed by atoms with Crippen LogP contribution in [-0.4, -0.2) is 38.3 Å². The van der Waals surface area contributed by atoms with Crippen LogP contribution in [-0.2, 0) is 9.59 Å². The van der Waals surface area contributed by atoms with Crippen LogP contribution in [0.25, 0.3) is 6.08 Å². The van der Waals surface area contributed by atoms with Gasteiger partial charge < -0.3 is 10.1 Å². The number of aryl methyl sites for hydroxylation is 2. The molecular weight excluding hydrogens is 528 g/mol. The number of carbonyl (C=O) groups is 3. The van der Waals surface area contributed by atoms with Gasteiger partial charge >= 0.3 is 5.69 Å². The Kier molecular flexibility index (Phi) is 7.72. The molecule has 0 saturated carbocycles. The molecular formula is C26H20N4O8S. The van der Waals surface area contributed by atoms with Gasteiger partial charge in [0, 0.05) is 17.3 Å². The maximum absolute atomic E-state index is 13.0. The summed E-state index contributed by atoms with van der Waals surface area (Å²) in [7, 11) is 0. The summed E-state index contributed by atoms with van der Waals surface area (Å²) in [6.45, 7) is 3.35. The number of benzene rings is 3. The molecule has 0 atom stereocenters. The monoisotopic (exact) mass is 548 g/mol. The number of rotatable bonds is 8. The van der Waals surface area contributed by atoms with Gasteiger partial charge in [-0.05, 0) is 67.1 Å². The molecule has 1 aliphatic heterocycles. The van der Waals surface area contributed by atoms with E-state index in [0.717, 1.165) is 34.2 Å². The molecule has 3 aromatic carbocycles. The lowest BCUT2D eigenvalue weighted by atomic mass is 10.1. The number of imide groups is 1. The first-order valence-electron chi connectivity index (χ1n) is 11.4. The Morgan fingerprint density at radius 2 is 1.72 bits per heavy atom. The van der Waals surface area contributed by atoms with E-state index in [0.29, 0.717) is 23.0 Å². The molecule has 39 heavy (non-hydrogen) atoms. The second kappa shape index (κ2) is 11.1. The highest BCUT2D eigenvalue weighted by Gasteiger charge is 2.36. The normalized spacial score (nSPS) is 14.0. The second-order valence-electron chi connectivity index (χ2n) is 8.42. The molecule has 0 radical (unpaired) electrons. The molecule has 0 unspecified atom stereocenters. The Labute approximate surface area is 225 Å². The number of hydrogen-bond donors (Lipinski definition) is 1. The minimum absolute atomic E-state index is 0.0215. The van der Waals surface area contributed by atoms with Gasteiger partial charge in [0.15, 0.2) is 0 Å². The fourth-order valence-corrected chi connectivity index (χ4v) is 4.43. The van der Waals surface area contributed by atoms with Crippen molar-refractivity contribution in [1.29, 1.82) is 0 Å². The van der Waals surface area contributed by atoms with Gasteiger partial charge in [0.1, 0.15) is 12.3 Å². The van der Waals surface area contributed by atoms with E-state index in [9.17, 15) is 34.6 Å². The van der Waals surface area contributed by atoms with Gasteiger partial charge in [-0.15, -0.1) is 0 Å². The van der Waals surface area contributed by atoms with Gasteiger partial charge in [-0.25, -0.2) is 0 Å². The minimum Gasteiger partial charge on any atom is -0.449 e. The molecule has 1 N–H and O–H groups in total. The average molecular weight is 549 g/mol. The number of nitrogens with zero attached hydrogens (tertiary/aromatic N) is 3. The lowest BCUT2D eigenvalue weighted by Crippen LogP contribution is -2.36. The van der Waals surface area contributed by atoms with Crippen molar-refractivity contribution < 1.29 is 29.0 Å². The molecule has 1 aliphatic rings. The Morgan fingerprint density at radius 3 is 2.41 bits per heavy atom. The van der Waals surface area contributed by atoms with Crippen molar-refractivity contribution in [2.45, 2.75) is 13.8 Å². The van der Waals surface area contributed by atoms with E-state index in [1.807, 2.05) is 19.9 Å². The molecule has 0 aromatic heterocycles. The molecule has 1 heterocycles. The van der Waals surface area contributed by atoms with E-state index in [-0.39, 0.29) is 16.4 Å². The van der Waals surface area contributed by atoms with Crippen molar-refractivity contribution in [2.75, 3.05) is 11.9 Å². The van der Waals surface area contributed by atoms with Gasteiger partial charge in [-0.2, -0.15) is 0 Å². The van der Waals surface area contributed by atoms with Gasteiger partial charge in [0.2, 0.25) is 11.7 Å². The first-order chi connectivity index (χ1) is 18.5. The van der Waals surface area contributed by atoms with Crippen LogP contribution in [0, 0.1) is 34.1 Å². The number of nitro benzene ring substituents is 2. The first-order valence-corrected chi connectivity index (χ1v) is 12.2. The third-order valence-electron chi connectivity index (χ3n) is 5.74. The maximum atomic E-state index is 13.0. The van der Waals surface area contributed by atoms with Crippen molar-refractivity contribution in [3.05, 3.63) is 102 Å². The Hall–Kier alpha value is -5.04. The molecule has 13 heteroatoms. The Morgan fingerprint density at radius 1 is 0.974 bits per heavy atom. The van der Waals surface area contributed by atoms with E-state index in [2.05, 4.69) is 5.32 Å². The second-order valence-corrected chi connectivity index (χ2v) is 9.41. The largest absolute Gasteiger partial charge is 0.449 e. The number of thioether (sulfide) groups is 1. The van der Waals surface area contributed by atoms with Crippen molar-refractivity contribution in [3.8, 4) is 11.5 Å².